The molecule has 0 amide bonds. The Hall–Kier alpha value is -0.650. The zero-order chi connectivity index (χ0) is 11.7. The summed E-state index contributed by atoms with van der Waals surface area (Å²) in [6.07, 6.45) is 0.520. The van der Waals surface area contributed by atoms with E-state index in [1.807, 2.05) is 6.92 Å². The Bertz CT molecular complexity index is 186. The van der Waals surface area contributed by atoms with Gasteiger partial charge in [-0.05, 0) is 26.8 Å². The number of carbonyl (C=O) groups is 1. The Kier molecular flexibility index (Phi) is 7.29. The summed E-state index contributed by atoms with van der Waals surface area (Å²) >= 11 is 0. The topological polar surface area (TPSA) is 67.8 Å². The minimum atomic E-state index is -0.824. The van der Waals surface area contributed by atoms with Crippen LogP contribution in [0.4, 0.5) is 0 Å². The average Bonchev–Trinajstić information content (AvgIpc) is 2.21. The van der Waals surface area contributed by atoms with Crippen molar-refractivity contribution in [1.29, 1.82) is 0 Å². The molecule has 90 valence electrons. The van der Waals surface area contributed by atoms with E-state index in [4.69, 9.17) is 14.6 Å². The van der Waals surface area contributed by atoms with Gasteiger partial charge in [0.25, 0.3) is 0 Å². The first kappa shape index (κ1) is 14.3. The molecule has 0 rings (SSSR count). The van der Waals surface area contributed by atoms with E-state index in [-0.39, 0.29) is 6.61 Å². The van der Waals surface area contributed by atoms with Crippen molar-refractivity contribution in [3.63, 3.8) is 0 Å². The number of nitrogens with one attached hydrogen (secondary N) is 1. The largest absolute Gasteiger partial charge is 0.481 e. The van der Waals surface area contributed by atoms with Gasteiger partial charge in [0.05, 0.1) is 18.8 Å². The van der Waals surface area contributed by atoms with Crippen LogP contribution in [-0.2, 0) is 14.3 Å². The van der Waals surface area contributed by atoms with Gasteiger partial charge in [0.1, 0.15) is 0 Å². The average molecular weight is 219 g/mol. The standard InChI is InChI=1S/C10H21NO4/c1-4-15-7-10(2,9(12)13)5-6-11-8-14-3/h11H,4-8H2,1-3H3,(H,12,13). The van der Waals surface area contributed by atoms with Crippen molar-refractivity contribution < 1.29 is 19.4 Å². The molecule has 0 aliphatic rings. The van der Waals surface area contributed by atoms with Crippen molar-refractivity contribution in [2.75, 3.05) is 33.6 Å². The lowest BCUT2D eigenvalue weighted by atomic mass is 9.88. The number of carboxylic acids is 1. The van der Waals surface area contributed by atoms with Gasteiger partial charge in [0.15, 0.2) is 0 Å². The van der Waals surface area contributed by atoms with Crippen LogP contribution in [0.25, 0.3) is 0 Å². The third-order valence-corrected chi connectivity index (χ3v) is 2.24. The lowest BCUT2D eigenvalue weighted by molar-refractivity contribution is -0.152. The van der Waals surface area contributed by atoms with E-state index in [9.17, 15) is 4.79 Å². The number of rotatable bonds is 9. The highest BCUT2D eigenvalue weighted by atomic mass is 16.5. The Balaban J connectivity index is 3.96. The molecule has 0 aliphatic heterocycles. The zero-order valence-electron chi connectivity index (χ0n) is 9.71. The summed E-state index contributed by atoms with van der Waals surface area (Å²) in [5.74, 6) is -0.824. The van der Waals surface area contributed by atoms with E-state index < -0.39 is 11.4 Å². The smallest absolute Gasteiger partial charge is 0.311 e. The van der Waals surface area contributed by atoms with Crippen molar-refractivity contribution in [3.8, 4) is 0 Å². The third-order valence-electron chi connectivity index (χ3n) is 2.24. The number of hydrogen-bond acceptors (Lipinski definition) is 4. The summed E-state index contributed by atoms with van der Waals surface area (Å²) in [6, 6.07) is 0. The maximum atomic E-state index is 11.1. The van der Waals surface area contributed by atoms with Crippen LogP contribution in [0.5, 0.6) is 0 Å². The maximum absolute atomic E-state index is 11.1. The van der Waals surface area contributed by atoms with E-state index in [1.54, 1.807) is 14.0 Å². The van der Waals surface area contributed by atoms with E-state index in [0.717, 1.165) is 0 Å². The number of carboxylic acid groups (broad SMARTS) is 1. The van der Waals surface area contributed by atoms with Crippen LogP contribution in [0.15, 0.2) is 0 Å². The zero-order valence-corrected chi connectivity index (χ0v) is 9.71. The van der Waals surface area contributed by atoms with E-state index in [1.165, 1.54) is 0 Å². The molecule has 1 atom stereocenters. The second kappa shape index (κ2) is 7.62. The Labute approximate surface area is 90.8 Å². The van der Waals surface area contributed by atoms with E-state index in [0.29, 0.717) is 26.3 Å². The van der Waals surface area contributed by atoms with Crippen molar-refractivity contribution in [2.24, 2.45) is 5.41 Å². The van der Waals surface area contributed by atoms with Gasteiger partial charge in [-0.2, -0.15) is 0 Å². The Morgan fingerprint density at radius 3 is 2.67 bits per heavy atom. The molecular formula is C10H21NO4. The molecule has 0 radical (unpaired) electrons. The lowest BCUT2D eigenvalue weighted by Crippen LogP contribution is -2.36. The molecule has 1 unspecified atom stereocenters. The van der Waals surface area contributed by atoms with Gasteiger partial charge in [-0.1, -0.05) is 0 Å². The summed E-state index contributed by atoms with van der Waals surface area (Å²) in [5, 5.41) is 12.1. The van der Waals surface area contributed by atoms with E-state index in [2.05, 4.69) is 5.32 Å². The molecule has 5 nitrogen and oxygen atoms in total. The van der Waals surface area contributed by atoms with Gasteiger partial charge < -0.3 is 14.6 Å². The highest BCUT2D eigenvalue weighted by molar-refractivity contribution is 5.74. The lowest BCUT2D eigenvalue weighted by Gasteiger charge is -2.24. The number of hydrogen-bond donors (Lipinski definition) is 2. The molecule has 0 heterocycles. The molecular weight excluding hydrogens is 198 g/mol. The molecule has 0 aromatic carbocycles. The first-order valence-corrected chi connectivity index (χ1v) is 5.07. The summed E-state index contributed by atoms with van der Waals surface area (Å²) in [6.45, 7) is 5.36. The minimum absolute atomic E-state index is 0.244. The summed E-state index contributed by atoms with van der Waals surface area (Å²) in [7, 11) is 1.59. The summed E-state index contributed by atoms with van der Waals surface area (Å²) in [5.41, 5.74) is -0.823. The van der Waals surface area contributed by atoms with Crippen LogP contribution in [0.1, 0.15) is 20.3 Å². The summed E-state index contributed by atoms with van der Waals surface area (Å²) in [4.78, 5) is 11.1. The van der Waals surface area contributed by atoms with Gasteiger partial charge in [-0.3, -0.25) is 10.1 Å². The monoisotopic (exact) mass is 219 g/mol. The maximum Gasteiger partial charge on any atom is 0.311 e. The number of ether oxygens (including phenoxy) is 2. The number of methoxy groups -OCH3 is 1. The fraction of sp³-hybridized carbons (Fsp3) is 0.900. The molecule has 0 fully saturated rings. The number of aliphatic carboxylic acids is 1. The van der Waals surface area contributed by atoms with Gasteiger partial charge in [0.2, 0.25) is 0 Å². The van der Waals surface area contributed by atoms with Crippen LogP contribution in [0.3, 0.4) is 0 Å². The molecule has 15 heavy (non-hydrogen) atoms. The van der Waals surface area contributed by atoms with Crippen molar-refractivity contribution >= 4 is 5.97 Å². The third kappa shape index (κ3) is 5.71. The molecule has 0 aliphatic carbocycles. The molecule has 2 N–H and O–H groups in total. The highest BCUT2D eigenvalue weighted by Crippen LogP contribution is 2.21. The van der Waals surface area contributed by atoms with Crippen LogP contribution in [0.2, 0.25) is 0 Å². The minimum Gasteiger partial charge on any atom is -0.481 e. The molecule has 0 saturated carbocycles. The highest BCUT2D eigenvalue weighted by Gasteiger charge is 2.32. The molecule has 0 spiro atoms. The fourth-order valence-corrected chi connectivity index (χ4v) is 1.11. The first-order chi connectivity index (χ1) is 7.06. The van der Waals surface area contributed by atoms with Crippen molar-refractivity contribution in [1.82, 2.24) is 5.32 Å². The molecule has 0 bridgehead atoms. The molecule has 0 saturated heterocycles. The molecule has 0 aromatic heterocycles. The van der Waals surface area contributed by atoms with Crippen LogP contribution in [0, 0.1) is 5.41 Å². The quantitative estimate of drug-likeness (QED) is 0.441. The normalized spacial score (nSPS) is 14.9. The van der Waals surface area contributed by atoms with Gasteiger partial charge in [-0.25, -0.2) is 0 Å². The van der Waals surface area contributed by atoms with Gasteiger partial charge in [-0.15, -0.1) is 0 Å². The SMILES string of the molecule is CCOCC(C)(CCNCOC)C(=O)O. The van der Waals surface area contributed by atoms with Gasteiger partial charge in [0, 0.05) is 13.7 Å². The van der Waals surface area contributed by atoms with Gasteiger partial charge >= 0.3 is 5.97 Å². The Morgan fingerprint density at radius 1 is 1.53 bits per heavy atom. The summed E-state index contributed by atoms with van der Waals surface area (Å²) < 4.78 is 9.99. The predicted molar refractivity (Wildman–Crippen MR) is 56.7 cm³/mol. The Morgan fingerprint density at radius 2 is 2.20 bits per heavy atom. The first-order valence-electron chi connectivity index (χ1n) is 5.07. The van der Waals surface area contributed by atoms with Crippen LogP contribution in [-0.4, -0.2) is 44.7 Å². The molecule has 0 aromatic rings. The molecule has 5 heteroatoms. The van der Waals surface area contributed by atoms with E-state index >= 15 is 0 Å². The second-order valence-electron chi connectivity index (χ2n) is 3.69. The predicted octanol–water partition coefficient (Wildman–Crippen LogP) is 0.697. The fourth-order valence-electron chi connectivity index (χ4n) is 1.11. The van der Waals surface area contributed by atoms with Crippen LogP contribution < -0.4 is 5.32 Å². The second-order valence-corrected chi connectivity index (χ2v) is 3.69. The van der Waals surface area contributed by atoms with Crippen LogP contribution >= 0.6 is 0 Å². The van der Waals surface area contributed by atoms with Crippen molar-refractivity contribution in [2.45, 2.75) is 20.3 Å². The van der Waals surface area contributed by atoms with Crippen molar-refractivity contribution in [3.05, 3.63) is 0 Å².